The van der Waals surface area contributed by atoms with Crippen molar-refractivity contribution < 1.29 is 18.4 Å². The molecule has 0 radical (unpaired) electrons. The van der Waals surface area contributed by atoms with Gasteiger partial charge in [0.1, 0.15) is 0 Å². The molecule has 0 aliphatic rings. The lowest BCUT2D eigenvalue weighted by molar-refractivity contribution is -0.116. The molecule has 2 aromatic carbocycles. The summed E-state index contributed by atoms with van der Waals surface area (Å²) in [6.07, 6.45) is 0.0208. The van der Waals surface area contributed by atoms with Gasteiger partial charge >= 0.3 is 0 Å². The highest BCUT2D eigenvalue weighted by Gasteiger charge is 2.12. The Hall–Kier alpha value is -2.12. The van der Waals surface area contributed by atoms with Crippen LogP contribution in [-0.4, -0.2) is 24.1 Å². The van der Waals surface area contributed by atoms with Crippen molar-refractivity contribution in [1.29, 1.82) is 0 Å². The Kier molecular flexibility index (Phi) is 7.21. The monoisotopic (exact) mass is 384 g/mol. The molecule has 0 saturated carbocycles. The van der Waals surface area contributed by atoms with E-state index in [9.17, 15) is 18.4 Å². The number of nitrogens with one attached hydrogen (secondary N) is 2. The van der Waals surface area contributed by atoms with Gasteiger partial charge in [-0.1, -0.05) is 35.5 Å². The van der Waals surface area contributed by atoms with Crippen LogP contribution in [0.4, 0.5) is 14.5 Å². The van der Waals surface area contributed by atoms with E-state index in [2.05, 4.69) is 10.6 Å². The van der Waals surface area contributed by atoms with Gasteiger partial charge in [-0.2, -0.15) is 8.78 Å². The summed E-state index contributed by atoms with van der Waals surface area (Å²) < 4.78 is 25.0. The fourth-order valence-electron chi connectivity index (χ4n) is 1.97. The first-order valence-corrected chi connectivity index (χ1v) is 8.59. The minimum atomic E-state index is -2.57. The number of benzene rings is 2. The zero-order valence-electron chi connectivity index (χ0n) is 13.0. The number of carbonyl (C=O) groups excluding carboxylic acids is 2. The predicted octanol–water partition coefficient (Wildman–Crippen LogP) is 4.41. The van der Waals surface area contributed by atoms with Crippen molar-refractivity contribution in [2.75, 3.05) is 11.9 Å². The number of para-hydroxylation sites is 1. The fourth-order valence-corrected chi connectivity index (χ4v) is 2.70. The van der Waals surface area contributed by atoms with E-state index in [-0.39, 0.29) is 29.7 Å². The minimum Gasteiger partial charge on any atom is -0.352 e. The van der Waals surface area contributed by atoms with Crippen molar-refractivity contribution in [2.45, 2.75) is 17.1 Å². The Bertz CT molecular complexity index is 742. The van der Waals surface area contributed by atoms with E-state index >= 15 is 0 Å². The minimum absolute atomic E-state index is 0.0208. The summed E-state index contributed by atoms with van der Waals surface area (Å²) in [6.45, 7) is 0.122. The summed E-state index contributed by atoms with van der Waals surface area (Å²) in [5, 5.41) is 5.71. The first-order valence-electron chi connectivity index (χ1n) is 7.33. The molecule has 0 bridgehead atoms. The van der Waals surface area contributed by atoms with Crippen LogP contribution >= 0.6 is 23.4 Å². The SMILES string of the molecule is O=C(CCNC(=O)c1ccc(Cl)cc1)Nc1ccccc1SC(F)F. The molecule has 0 heterocycles. The third kappa shape index (κ3) is 6.36. The van der Waals surface area contributed by atoms with Crippen LogP contribution < -0.4 is 10.6 Å². The van der Waals surface area contributed by atoms with Gasteiger partial charge in [0.15, 0.2) is 0 Å². The number of anilines is 1. The molecule has 4 nitrogen and oxygen atoms in total. The van der Waals surface area contributed by atoms with E-state index in [1.165, 1.54) is 6.07 Å². The van der Waals surface area contributed by atoms with Crippen molar-refractivity contribution >= 4 is 40.9 Å². The van der Waals surface area contributed by atoms with Crippen LogP contribution in [0.2, 0.25) is 5.02 Å². The molecule has 132 valence electrons. The third-order valence-electron chi connectivity index (χ3n) is 3.12. The van der Waals surface area contributed by atoms with E-state index in [0.717, 1.165) is 0 Å². The fraction of sp³-hybridized carbons (Fsp3) is 0.176. The van der Waals surface area contributed by atoms with Crippen molar-refractivity contribution in [1.82, 2.24) is 5.32 Å². The van der Waals surface area contributed by atoms with Crippen molar-refractivity contribution in [3.8, 4) is 0 Å². The molecule has 2 aromatic rings. The van der Waals surface area contributed by atoms with E-state index in [1.807, 2.05) is 0 Å². The van der Waals surface area contributed by atoms with Crippen LogP contribution in [0.3, 0.4) is 0 Å². The van der Waals surface area contributed by atoms with Crippen molar-refractivity contribution in [3.05, 3.63) is 59.1 Å². The highest BCUT2D eigenvalue weighted by atomic mass is 35.5. The molecule has 25 heavy (non-hydrogen) atoms. The van der Waals surface area contributed by atoms with Crippen LogP contribution in [0.25, 0.3) is 0 Å². The second-order valence-electron chi connectivity index (χ2n) is 4.94. The molecular formula is C17H15ClF2N2O2S. The second kappa shape index (κ2) is 9.39. The van der Waals surface area contributed by atoms with E-state index in [4.69, 9.17) is 11.6 Å². The third-order valence-corrected chi connectivity index (χ3v) is 4.16. The topological polar surface area (TPSA) is 58.2 Å². The van der Waals surface area contributed by atoms with E-state index in [1.54, 1.807) is 42.5 Å². The molecular weight excluding hydrogens is 370 g/mol. The average molecular weight is 385 g/mol. The molecule has 0 spiro atoms. The van der Waals surface area contributed by atoms with Crippen LogP contribution in [0.5, 0.6) is 0 Å². The first kappa shape index (κ1) is 19.2. The van der Waals surface area contributed by atoms with Gasteiger partial charge in [0.05, 0.1) is 5.69 Å². The summed E-state index contributed by atoms with van der Waals surface area (Å²) in [5.74, 6) is -3.27. The Morgan fingerprint density at radius 3 is 2.44 bits per heavy atom. The van der Waals surface area contributed by atoms with E-state index < -0.39 is 5.76 Å². The molecule has 8 heteroatoms. The largest absolute Gasteiger partial charge is 0.352 e. The molecule has 2 N–H and O–H groups in total. The number of amides is 2. The molecule has 2 amide bonds. The maximum atomic E-state index is 12.5. The summed E-state index contributed by atoms with van der Waals surface area (Å²) in [6, 6.07) is 12.7. The van der Waals surface area contributed by atoms with Crippen LogP contribution in [0.1, 0.15) is 16.8 Å². The number of alkyl halides is 2. The predicted molar refractivity (Wildman–Crippen MR) is 95.3 cm³/mol. The molecule has 0 aliphatic heterocycles. The van der Waals surface area contributed by atoms with Crippen LogP contribution in [-0.2, 0) is 4.79 Å². The lowest BCUT2D eigenvalue weighted by Crippen LogP contribution is -2.27. The average Bonchev–Trinajstić information content (AvgIpc) is 2.56. The number of hydrogen-bond acceptors (Lipinski definition) is 3. The number of rotatable bonds is 7. The van der Waals surface area contributed by atoms with Crippen LogP contribution in [0, 0.1) is 0 Å². The normalized spacial score (nSPS) is 10.6. The van der Waals surface area contributed by atoms with Gasteiger partial charge in [-0.15, -0.1) is 0 Å². The Morgan fingerprint density at radius 1 is 1.08 bits per heavy atom. The van der Waals surface area contributed by atoms with E-state index in [0.29, 0.717) is 28.0 Å². The van der Waals surface area contributed by atoms with Gasteiger partial charge in [0.2, 0.25) is 5.91 Å². The summed E-state index contributed by atoms with van der Waals surface area (Å²) in [5.41, 5.74) is 0.755. The quantitative estimate of drug-likeness (QED) is 0.695. The smallest absolute Gasteiger partial charge is 0.288 e. The van der Waals surface area contributed by atoms with Crippen molar-refractivity contribution in [2.24, 2.45) is 0 Å². The molecule has 0 fully saturated rings. The summed E-state index contributed by atoms with van der Waals surface area (Å²) in [7, 11) is 0. The Labute approximate surface area is 152 Å². The zero-order valence-corrected chi connectivity index (χ0v) is 14.5. The number of hydrogen-bond donors (Lipinski definition) is 2. The second-order valence-corrected chi connectivity index (χ2v) is 6.40. The van der Waals surface area contributed by atoms with Gasteiger partial charge in [-0.05, 0) is 36.4 Å². The lowest BCUT2D eigenvalue weighted by Gasteiger charge is -2.10. The molecule has 0 aliphatic carbocycles. The lowest BCUT2D eigenvalue weighted by atomic mass is 10.2. The summed E-state index contributed by atoms with van der Waals surface area (Å²) >= 11 is 6.12. The van der Waals surface area contributed by atoms with Crippen LogP contribution in [0.15, 0.2) is 53.4 Å². The molecule has 0 aromatic heterocycles. The molecule has 0 atom stereocenters. The van der Waals surface area contributed by atoms with Gasteiger partial charge < -0.3 is 10.6 Å². The molecule has 0 unspecified atom stereocenters. The molecule has 0 saturated heterocycles. The Morgan fingerprint density at radius 2 is 1.76 bits per heavy atom. The maximum absolute atomic E-state index is 12.5. The van der Waals surface area contributed by atoms with Gasteiger partial charge in [0, 0.05) is 28.4 Å². The number of carbonyl (C=O) groups is 2. The maximum Gasteiger partial charge on any atom is 0.288 e. The van der Waals surface area contributed by atoms with Gasteiger partial charge in [-0.3, -0.25) is 9.59 Å². The Balaban J connectivity index is 1.83. The first-order chi connectivity index (χ1) is 12.0. The highest BCUT2D eigenvalue weighted by Crippen LogP contribution is 2.31. The number of halogens is 3. The summed E-state index contributed by atoms with van der Waals surface area (Å²) in [4.78, 5) is 24.1. The van der Waals surface area contributed by atoms with Gasteiger partial charge in [0.25, 0.3) is 11.7 Å². The van der Waals surface area contributed by atoms with Gasteiger partial charge in [-0.25, -0.2) is 0 Å². The standard InChI is InChI=1S/C17H15ClF2N2O2S/c18-12-7-5-11(6-8-12)16(24)21-10-9-15(23)22-13-3-1-2-4-14(13)25-17(19)20/h1-8,17H,9-10H2,(H,21,24)(H,22,23). The number of thioether (sulfide) groups is 1. The zero-order chi connectivity index (χ0) is 18.2. The van der Waals surface area contributed by atoms with Crippen molar-refractivity contribution in [3.63, 3.8) is 0 Å². The highest BCUT2D eigenvalue weighted by molar-refractivity contribution is 7.99. The molecule has 2 rings (SSSR count).